The zero-order chi connectivity index (χ0) is 15.4. The molecule has 0 saturated heterocycles. The Balaban J connectivity index is 2.24. The first-order chi connectivity index (χ1) is 10.0. The standard InChI is InChI=1S/C16H16ClFN2O/c1-2-20(10-11-6-8-12(19)9-7-11)16(21)15-13(17)4-3-5-14(15)18/h3-9H,2,10,19H2,1H3. The number of carbonyl (C=O) groups is 1. The van der Waals surface area contributed by atoms with E-state index in [4.69, 9.17) is 17.3 Å². The summed E-state index contributed by atoms with van der Waals surface area (Å²) in [5, 5.41) is 0.121. The van der Waals surface area contributed by atoms with E-state index in [1.807, 2.05) is 19.1 Å². The third kappa shape index (κ3) is 3.52. The van der Waals surface area contributed by atoms with Crippen LogP contribution in [0, 0.1) is 5.82 Å². The van der Waals surface area contributed by atoms with Crippen LogP contribution in [-0.2, 0) is 6.54 Å². The molecule has 0 atom stereocenters. The number of nitrogens with two attached hydrogens (primary N) is 1. The second-order valence-electron chi connectivity index (χ2n) is 4.66. The number of anilines is 1. The van der Waals surface area contributed by atoms with Crippen LogP contribution in [0.2, 0.25) is 5.02 Å². The Bertz CT molecular complexity index is 623. The molecule has 0 aliphatic rings. The fourth-order valence-corrected chi connectivity index (χ4v) is 2.27. The highest BCUT2D eigenvalue weighted by atomic mass is 35.5. The van der Waals surface area contributed by atoms with Gasteiger partial charge in [0.1, 0.15) is 5.82 Å². The summed E-state index contributed by atoms with van der Waals surface area (Å²) in [6, 6.07) is 11.4. The second kappa shape index (κ2) is 6.59. The Morgan fingerprint density at radius 1 is 1.24 bits per heavy atom. The van der Waals surface area contributed by atoms with Crippen LogP contribution in [0.4, 0.5) is 10.1 Å². The van der Waals surface area contributed by atoms with Crippen molar-refractivity contribution in [3.8, 4) is 0 Å². The third-order valence-corrected chi connectivity index (χ3v) is 3.51. The number of halogens is 2. The fraction of sp³-hybridized carbons (Fsp3) is 0.188. The van der Waals surface area contributed by atoms with E-state index in [0.29, 0.717) is 18.8 Å². The molecule has 0 aromatic heterocycles. The lowest BCUT2D eigenvalue weighted by Crippen LogP contribution is -2.31. The van der Waals surface area contributed by atoms with Crippen molar-refractivity contribution in [2.24, 2.45) is 0 Å². The number of amides is 1. The summed E-state index contributed by atoms with van der Waals surface area (Å²) in [4.78, 5) is 14.0. The van der Waals surface area contributed by atoms with Gasteiger partial charge in [-0.1, -0.05) is 29.8 Å². The van der Waals surface area contributed by atoms with Crippen molar-refractivity contribution in [1.29, 1.82) is 0 Å². The summed E-state index contributed by atoms with van der Waals surface area (Å²) in [6.45, 7) is 2.66. The number of hydrogen-bond donors (Lipinski definition) is 1. The minimum absolute atomic E-state index is 0.0866. The van der Waals surface area contributed by atoms with E-state index in [9.17, 15) is 9.18 Å². The summed E-state index contributed by atoms with van der Waals surface area (Å²) < 4.78 is 13.8. The number of nitrogens with zero attached hydrogens (tertiary/aromatic N) is 1. The summed E-state index contributed by atoms with van der Waals surface area (Å²) in [5.41, 5.74) is 7.13. The van der Waals surface area contributed by atoms with Gasteiger partial charge in [0, 0.05) is 18.8 Å². The number of benzene rings is 2. The Kier molecular flexibility index (Phi) is 4.81. The Morgan fingerprint density at radius 3 is 2.48 bits per heavy atom. The van der Waals surface area contributed by atoms with E-state index in [2.05, 4.69) is 0 Å². The SMILES string of the molecule is CCN(Cc1ccc(N)cc1)C(=O)c1c(F)cccc1Cl. The van der Waals surface area contributed by atoms with E-state index in [1.54, 1.807) is 12.1 Å². The molecule has 0 radical (unpaired) electrons. The van der Waals surface area contributed by atoms with Crippen molar-refractivity contribution < 1.29 is 9.18 Å². The van der Waals surface area contributed by atoms with E-state index >= 15 is 0 Å². The molecule has 0 bridgehead atoms. The van der Waals surface area contributed by atoms with Crippen molar-refractivity contribution in [3.63, 3.8) is 0 Å². The molecule has 0 fully saturated rings. The van der Waals surface area contributed by atoms with E-state index in [0.717, 1.165) is 5.56 Å². The molecule has 2 aromatic carbocycles. The molecular weight excluding hydrogens is 291 g/mol. The zero-order valence-electron chi connectivity index (χ0n) is 11.6. The monoisotopic (exact) mass is 306 g/mol. The number of hydrogen-bond acceptors (Lipinski definition) is 2. The zero-order valence-corrected chi connectivity index (χ0v) is 12.4. The first-order valence-electron chi connectivity index (χ1n) is 6.60. The van der Waals surface area contributed by atoms with Crippen LogP contribution in [0.5, 0.6) is 0 Å². The van der Waals surface area contributed by atoms with E-state index in [1.165, 1.54) is 23.1 Å². The van der Waals surface area contributed by atoms with Crippen LogP contribution < -0.4 is 5.73 Å². The lowest BCUT2D eigenvalue weighted by molar-refractivity contribution is 0.0748. The molecule has 1 amide bonds. The van der Waals surface area contributed by atoms with E-state index < -0.39 is 11.7 Å². The molecule has 0 aliphatic carbocycles. The average Bonchev–Trinajstić information content (AvgIpc) is 2.46. The predicted octanol–water partition coefficient (Wildman–Crippen LogP) is 3.72. The van der Waals surface area contributed by atoms with Crippen molar-refractivity contribution in [3.05, 3.63) is 64.4 Å². The van der Waals surface area contributed by atoms with Gasteiger partial charge >= 0.3 is 0 Å². The molecule has 0 heterocycles. The maximum absolute atomic E-state index is 13.8. The van der Waals surface area contributed by atoms with Gasteiger partial charge in [-0.2, -0.15) is 0 Å². The summed E-state index contributed by atoms with van der Waals surface area (Å²) in [7, 11) is 0. The summed E-state index contributed by atoms with van der Waals surface area (Å²) in [6.07, 6.45) is 0. The van der Waals surface area contributed by atoms with Gasteiger partial charge in [0.15, 0.2) is 0 Å². The smallest absolute Gasteiger partial charge is 0.258 e. The molecule has 5 heteroatoms. The summed E-state index contributed by atoms with van der Waals surface area (Å²) in [5.74, 6) is -1.03. The lowest BCUT2D eigenvalue weighted by Gasteiger charge is -2.22. The van der Waals surface area contributed by atoms with Crippen molar-refractivity contribution in [2.75, 3.05) is 12.3 Å². The fourth-order valence-electron chi connectivity index (χ4n) is 2.03. The van der Waals surface area contributed by atoms with Crippen LogP contribution in [0.1, 0.15) is 22.8 Å². The number of carbonyl (C=O) groups excluding carboxylic acids is 1. The molecule has 110 valence electrons. The van der Waals surface area contributed by atoms with Crippen LogP contribution in [0.15, 0.2) is 42.5 Å². The topological polar surface area (TPSA) is 46.3 Å². The van der Waals surface area contributed by atoms with Gasteiger partial charge in [-0.25, -0.2) is 4.39 Å². The van der Waals surface area contributed by atoms with Crippen molar-refractivity contribution in [2.45, 2.75) is 13.5 Å². The van der Waals surface area contributed by atoms with Gasteiger partial charge in [0.25, 0.3) is 5.91 Å². The Labute approximate surface area is 128 Å². The number of rotatable bonds is 4. The second-order valence-corrected chi connectivity index (χ2v) is 5.06. The number of nitrogen functional groups attached to an aromatic ring is 1. The maximum atomic E-state index is 13.8. The summed E-state index contributed by atoms with van der Waals surface area (Å²) >= 11 is 5.95. The molecule has 2 aromatic rings. The highest BCUT2D eigenvalue weighted by molar-refractivity contribution is 6.33. The van der Waals surface area contributed by atoms with Gasteiger partial charge in [-0.05, 0) is 36.8 Å². The minimum atomic E-state index is -0.608. The quantitative estimate of drug-likeness (QED) is 0.875. The molecular formula is C16H16ClFN2O. The first-order valence-corrected chi connectivity index (χ1v) is 6.98. The molecule has 21 heavy (non-hydrogen) atoms. The van der Waals surface area contributed by atoms with Crippen LogP contribution >= 0.6 is 11.6 Å². The largest absolute Gasteiger partial charge is 0.399 e. The molecule has 3 nitrogen and oxygen atoms in total. The molecule has 0 saturated carbocycles. The third-order valence-electron chi connectivity index (χ3n) is 3.20. The van der Waals surface area contributed by atoms with Gasteiger partial charge < -0.3 is 10.6 Å². The molecule has 0 aliphatic heterocycles. The van der Waals surface area contributed by atoms with Gasteiger partial charge in [0.05, 0.1) is 10.6 Å². The molecule has 0 spiro atoms. The van der Waals surface area contributed by atoms with Crippen LogP contribution in [0.25, 0.3) is 0 Å². The highest BCUT2D eigenvalue weighted by Crippen LogP contribution is 2.21. The molecule has 0 unspecified atom stereocenters. The maximum Gasteiger partial charge on any atom is 0.258 e. The lowest BCUT2D eigenvalue weighted by atomic mass is 10.1. The normalized spacial score (nSPS) is 10.4. The van der Waals surface area contributed by atoms with Crippen LogP contribution in [-0.4, -0.2) is 17.4 Å². The van der Waals surface area contributed by atoms with Crippen molar-refractivity contribution in [1.82, 2.24) is 4.90 Å². The Morgan fingerprint density at radius 2 is 1.90 bits per heavy atom. The Hall–Kier alpha value is -2.07. The molecule has 2 N–H and O–H groups in total. The minimum Gasteiger partial charge on any atom is -0.399 e. The van der Waals surface area contributed by atoms with Crippen LogP contribution in [0.3, 0.4) is 0 Å². The van der Waals surface area contributed by atoms with E-state index in [-0.39, 0.29) is 10.6 Å². The molecule has 2 rings (SSSR count). The van der Waals surface area contributed by atoms with Gasteiger partial charge in [0.2, 0.25) is 0 Å². The predicted molar refractivity (Wildman–Crippen MR) is 82.7 cm³/mol. The van der Waals surface area contributed by atoms with Crippen molar-refractivity contribution >= 4 is 23.2 Å². The highest BCUT2D eigenvalue weighted by Gasteiger charge is 2.21. The van der Waals surface area contributed by atoms with Gasteiger partial charge in [-0.15, -0.1) is 0 Å². The van der Waals surface area contributed by atoms with Gasteiger partial charge in [-0.3, -0.25) is 4.79 Å². The average molecular weight is 307 g/mol. The first kappa shape index (κ1) is 15.3.